The van der Waals surface area contributed by atoms with Gasteiger partial charge in [-0.05, 0) is 50.3 Å². The fourth-order valence-electron chi connectivity index (χ4n) is 3.89. The molecule has 2 fully saturated rings. The van der Waals surface area contributed by atoms with E-state index in [0.29, 0.717) is 31.4 Å². The Labute approximate surface area is 184 Å². The van der Waals surface area contributed by atoms with Crippen LogP contribution in [0.15, 0.2) is 29.2 Å². The van der Waals surface area contributed by atoms with Crippen LogP contribution in [0, 0.1) is 6.92 Å². The van der Waals surface area contributed by atoms with Crippen LogP contribution < -0.4 is 4.72 Å². The van der Waals surface area contributed by atoms with Crippen LogP contribution in [0.2, 0.25) is 0 Å². The van der Waals surface area contributed by atoms with Gasteiger partial charge in [-0.15, -0.1) is 0 Å². The molecule has 2 aliphatic rings. The van der Waals surface area contributed by atoms with Gasteiger partial charge in [-0.2, -0.15) is 16.5 Å². The van der Waals surface area contributed by atoms with Crippen LogP contribution in [-0.4, -0.2) is 87.6 Å². The molecule has 1 N–H and O–H groups in total. The highest BCUT2D eigenvalue weighted by molar-refractivity contribution is 7.98. The Morgan fingerprint density at radius 1 is 1.23 bits per heavy atom. The first-order valence-electron chi connectivity index (χ1n) is 10.6. The molecule has 2 atom stereocenters. The number of sulfonamides is 1. The molecule has 3 rings (SSSR count). The van der Waals surface area contributed by atoms with Gasteiger partial charge in [-0.25, -0.2) is 8.42 Å². The van der Waals surface area contributed by atoms with Crippen molar-refractivity contribution in [1.82, 2.24) is 14.5 Å². The van der Waals surface area contributed by atoms with Gasteiger partial charge in [0.1, 0.15) is 6.04 Å². The van der Waals surface area contributed by atoms with Crippen LogP contribution in [0.5, 0.6) is 0 Å². The summed E-state index contributed by atoms with van der Waals surface area (Å²) < 4.78 is 34.1. The second kappa shape index (κ2) is 10.9. The molecular weight excluding hydrogens is 422 g/mol. The lowest BCUT2D eigenvalue weighted by Crippen LogP contribution is -2.55. The average Bonchev–Trinajstić information content (AvgIpc) is 3.24. The van der Waals surface area contributed by atoms with Gasteiger partial charge in [0.2, 0.25) is 15.9 Å². The Bertz CT molecular complexity index is 787. The van der Waals surface area contributed by atoms with E-state index >= 15 is 0 Å². The molecular formula is C21H33N3O4S2. The summed E-state index contributed by atoms with van der Waals surface area (Å²) in [6.45, 7) is 6.50. The molecule has 1 amide bonds. The number of ether oxygens (including phenoxy) is 1. The van der Waals surface area contributed by atoms with Crippen LogP contribution in [0.1, 0.15) is 24.8 Å². The predicted molar refractivity (Wildman–Crippen MR) is 120 cm³/mol. The summed E-state index contributed by atoms with van der Waals surface area (Å²) in [5.41, 5.74) is 0.991. The van der Waals surface area contributed by atoms with Gasteiger partial charge in [0.15, 0.2) is 0 Å². The summed E-state index contributed by atoms with van der Waals surface area (Å²) in [4.78, 5) is 17.5. The molecule has 9 heteroatoms. The van der Waals surface area contributed by atoms with Gasteiger partial charge < -0.3 is 9.64 Å². The van der Waals surface area contributed by atoms with Crippen molar-refractivity contribution in [2.24, 2.45) is 0 Å². The molecule has 1 aromatic carbocycles. The molecule has 0 aliphatic carbocycles. The Morgan fingerprint density at radius 3 is 2.53 bits per heavy atom. The molecule has 0 unspecified atom stereocenters. The maximum Gasteiger partial charge on any atom is 0.241 e. The standard InChI is InChI=1S/C21H33N3O4S2/c1-17-5-7-19(8-6-17)30(26,27)22-20(9-15-29-2)21(25)24-12-10-23(11-13-24)16-18-4-3-14-28-18/h5-8,18,20,22H,3-4,9-16H2,1-2H3/t18-,20+/m1/s1. The van der Waals surface area contributed by atoms with Crippen molar-refractivity contribution in [2.75, 3.05) is 51.3 Å². The quantitative estimate of drug-likeness (QED) is 0.611. The second-order valence-electron chi connectivity index (χ2n) is 8.03. The minimum atomic E-state index is -3.75. The predicted octanol–water partition coefficient (Wildman–Crippen LogP) is 1.72. The number of aryl methyl sites for hydroxylation is 1. The van der Waals surface area contributed by atoms with Crippen molar-refractivity contribution >= 4 is 27.7 Å². The first kappa shape index (κ1) is 23.5. The molecule has 7 nitrogen and oxygen atoms in total. The van der Waals surface area contributed by atoms with Crippen LogP contribution in [-0.2, 0) is 19.6 Å². The van der Waals surface area contributed by atoms with Crippen molar-refractivity contribution in [1.29, 1.82) is 0 Å². The second-order valence-corrected chi connectivity index (χ2v) is 10.7. The lowest BCUT2D eigenvalue weighted by molar-refractivity contribution is -0.135. The fourth-order valence-corrected chi connectivity index (χ4v) is 5.58. The number of rotatable bonds is 9. The fraction of sp³-hybridized carbons (Fsp3) is 0.667. The lowest BCUT2D eigenvalue weighted by Gasteiger charge is -2.37. The topological polar surface area (TPSA) is 79.0 Å². The van der Waals surface area contributed by atoms with Gasteiger partial charge in [0, 0.05) is 39.3 Å². The molecule has 0 bridgehead atoms. The summed E-state index contributed by atoms with van der Waals surface area (Å²) in [5, 5.41) is 0. The van der Waals surface area contributed by atoms with E-state index in [1.807, 2.05) is 13.2 Å². The molecule has 0 aromatic heterocycles. The first-order chi connectivity index (χ1) is 14.4. The van der Waals surface area contributed by atoms with Crippen molar-refractivity contribution in [2.45, 2.75) is 43.2 Å². The number of benzene rings is 1. The number of hydrogen-bond acceptors (Lipinski definition) is 6. The van der Waals surface area contributed by atoms with Crippen molar-refractivity contribution in [3.63, 3.8) is 0 Å². The van der Waals surface area contributed by atoms with E-state index in [1.54, 1.807) is 40.9 Å². The number of carbonyl (C=O) groups is 1. The summed E-state index contributed by atoms with van der Waals surface area (Å²) in [5.74, 6) is 0.586. The zero-order chi connectivity index (χ0) is 21.6. The third kappa shape index (κ3) is 6.43. The minimum absolute atomic E-state index is 0.128. The Hall–Kier alpha value is -1.13. The normalized spacial score (nSPS) is 21.7. The van der Waals surface area contributed by atoms with E-state index < -0.39 is 16.1 Å². The molecule has 1 aromatic rings. The van der Waals surface area contributed by atoms with Crippen LogP contribution in [0.4, 0.5) is 0 Å². The molecule has 2 saturated heterocycles. The smallest absolute Gasteiger partial charge is 0.241 e. The summed E-state index contributed by atoms with van der Waals surface area (Å²) in [6.07, 6.45) is 4.97. The van der Waals surface area contributed by atoms with Gasteiger partial charge >= 0.3 is 0 Å². The van der Waals surface area contributed by atoms with Gasteiger partial charge in [-0.3, -0.25) is 9.69 Å². The Balaban J connectivity index is 1.60. The van der Waals surface area contributed by atoms with E-state index in [-0.39, 0.29) is 10.8 Å². The molecule has 0 spiro atoms. The zero-order valence-electron chi connectivity index (χ0n) is 17.9. The third-order valence-electron chi connectivity index (χ3n) is 5.71. The lowest BCUT2D eigenvalue weighted by atomic mass is 10.1. The SMILES string of the molecule is CSCC[C@H](NS(=O)(=O)c1ccc(C)cc1)C(=O)N1CCN(C[C@H]2CCCO2)CC1. The Kier molecular flexibility index (Phi) is 8.59. The number of thioether (sulfide) groups is 1. The summed E-state index contributed by atoms with van der Waals surface area (Å²) >= 11 is 1.61. The Morgan fingerprint density at radius 2 is 1.93 bits per heavy atom. The van der Waals surface area contributed by atoms with E-state index in [2.05, 4.69) is 9.62 Å². The minimum Gasteiger partial charge on any atom is -0.377 e. The number of nitrogens with zero attached hydrogens (tertiary/aromatic N) is 2. The zero-order valence-corrected chi connectivity index (χ0v) is 19.5. The molecule has 0 saturated carbocycles. The highest BCUT2D eigenvalue weighted by Gasteiger charge is 2.31. The first-order valence-corrected chi connectivity index (χ1v) is 13.5. The maximum atomic E-state index is 13.2. The van der Waals surface area contributed by atoms with E-state index in [9.17, 15) is 13.2 Å². The molecule has 2 heterocycles. The molecule has 0 radical (unpaired) electrons. The summed E-state index contributed by atoms with van der Waals surface area (Å²) in [7, 11) is -3.75. The number of nitrogens with one attached hydrogen (secondary N) is 1. The molecule has 2 aliphatic heterocycles. The van der Waals surface area contributed by atoms with E-state index in [4.69, 9.17) is 4.74 Å². The van der Waals surface area contributed by atoms with E-state index in [0.717, 1.165) is 44.6 Å². The number of hydrogen-bond donors (Lipinski definition) is 1. The van der Waals surface area contributed by atoms with Crippen LogP contribution >= 0.6 is 11.8 Å². The van der Waals surface area contributed by atoms with Gasteiger partial charge in [0.05, 0.1) is 11.0 Å². The third-order valence-corrected chi connectivity index (χ3v) is 7.84. The van der Waals surface area contributed by atoms with Crippen molar-refractivity contribution < 1.29 is 17.9 Å². The number of amides is 1. The number of piperazine rings is 1. The molecule has 30 heavy (non-hydrogen) atoms. The highest BCUT2D eigenvalue weighted by Crippen LogP contribution is 2.17. The molecule has 168 valence electrons. The van der Waals surface area contributed by atoms with Crippen molar-refractivity contribution in [3.05, 3.63) is 29.8 Å². The van der Waals surface area contributed by atoms with Crippen LogP contribution in [0.3, 0.4) is 0 Å². The van der Waals surface area contributed by atoms with Crippen LogP contribution in [0.25, 0.3) is 0 Å². The van der Waals surface area contributed by atoms with Gasteiger partial charge in [-0.1, -0.05) is 17.7 Å². The van der Waals surface area contributed by atoms with E-state index in [1.165, 1.54) is 0 Å². The largest absolute Gasteiger partial charge is 0.377 e. The summed E-state index contributed by atoms with van der Waals surface area (Å²) in [6, 6.07) is 5.95. The average molecular weight is 456 g/mol. The monoisotopic (exact) mass is 455 g/mol. The highest BCUT2D eigenvalue weighted by atomic mass is 32.2. The van der Waals surface area contributed by atoms with Gasteiger partial charge in [0.25, 0.3) is 0 Å². The maximum absolute atomic E-state index is 13.2. The number of carbonyl (C=O) groups excluding carboxylic acids is 1. The van der Waals surface area contributed by atoms with Crippen molar-refractivity contribution in [3.8, 4) is 0 Å².